The number of sulfonamides is 1. The molecule has 3 aromatic rings. The van der Waals surface area contributed by atoms with Crippen molar-refractivity contribution < 1.29 is 17.7 Å². The van der Waals surface area contributed by atoms with Gasteiger partial charge in [0.05, 0.1) is 12.8 Å². The Morgan fingerprint density at radius 3 is 2.59 bits per heavy atom. The minimum absolute atomic E-state index is 0.00263. The van der Waals surface area contributed by atoms with Gasteiger partial charge in [-0.15, -0.1) is 0 Å². The van der Waals surface area contributed by atoms with Crippen molar-refractivity contribution in [2.75, 3.05) is 13.7 Å². The van der Waals surface area contributed by atoms with E-state index in [4.69, 9.17) is 9.26 Å². The average molecular weight is 418 g/mol. The van der Waals surface area contributed by atoms with Gasteiger partial charge in [0, 0.05) is 18.2 Å². The molecule has 3 rings (SSSR count). The highest BCUT2D eigenvalue weighted by Gasteiger charge is 2.21. The number of nitrogens with one attached hydrogen (secondary N) is 1. The molecule has 29 heavy (non-hydrogen) atoms. The van der Waals surface area contributed by atoms with Crippen LogP contribution in [-0.2, 0) is 10.0 Å². The van der Waals surface area contributed by atoms with E-state index in [0.29, 0.717) is 41.4 Å². The second-order valence-electron chi connectivity index (χ2n) is 6.40. The number of rotatable bonds is 7. The van der Waals surface area contributed by atoms with Gasteiger partial charge in [0.25, 0.3) is 5.56 Å². The molecular weight excluding hydrogens is 396 g/mol. The standard InChI is InChI=1S/C19H22N4O5S/c1-5-10-20-29(25,26)17-11-14(6-8-16(17)27-4)15-7-9-18(24)23(21-15)19-12(2)22-28-13(19)3/h6-9,11,20H,5,10H2,1-4H3. The first kappa shape index (κ1) is 20.7. The molecule has 0 saturated carbocycles. The quantitative estimate of drug-likeness (QED) is 0.625. The summed E-state index contributed by atoms with van der Waals surface area (Å²) in [7, 11) is -2.36. The van der Waals surface area contributed by atoms with Crippen molar-refractivity contribution in [3.8, 4) is 22.7 Å². The van der Waals surface area contributed by atoms with Gasteiger partial charge in [-0.3, -0.25) is 4.79 Å². The van der Waals surface area contributed by atoms with Crippen molar-refractivity contribution in [2.45, 2.75) is 32.1 Å². The van der Waals surface area contributed by atoms with Crippen molar-refractivity contribution >= 4 is 10.0 Å². The van der Waals surface area contributed by atoms with Crippen molar-refractivity contribution in [3.05, 3.63) is 52.1 Å². The summed E-state index contributed by atoms with van der Waals surface area (Å²) in [5.41, 5.74) is 1.57. The van der Waals surface area contributed by atoms with Crippen LogP contribution in [0.15, 0.2) is 44.5 Å². The van der Waals surface area contributed by atoms with E-state index in [9.17, 15) is 13.2 Å². The highest BCUT2D eigenvalue weighted by Crippen LogP contribution is 2.29. The molecule has 0 radical (unpaired) electrons. The third-order valence-corrected chi connectivity index (χ3v) is 5.78. The Hall–Kier alpha value is -2.98. The van der Waals surface area contributed by atoms with E-state index >= 15 is 0 Å². The fourth-order valence-electron chi connectivity index (χ4n) is 2.87. The molecule has 0 amide bonds. The molecule has 10 heteroatoms. The number of hydrogen-bond donors (Lipinski definition) is 1. The van der Waals surface area contributed by atoms with E-state index in [1.54, 1.807) is 26.0 Å². The number of ether oxygens (including phenoxy) is 1. The van der Waals surface area contributed by atoms with E-state index in [-0.39, 0.29) is 16.2 Å². The highest BCUT2D eigenvalue weighted by molar-refractivity contribution is 7.89. The predicted octanol–water partition coefficient (Wildman–Crippen LogP) is 2.20. The van der Waals surface area contributed by atoms with Gasteiger partial charge in [0.1, 0.15) is 22.0 Å². The monoisotopic (exact) mass is 418 g/mol. The van der Waals surface area contributed by atoms with Crippen LogP contribution in [0.4, 0.5) is 0 Å². The van der Waals surface area contributed by atoms with E-state index in [1.807, 2.05) is 6.92 Å². The smallest absolute Gasteiger partial charge is 0.271 e. The van der Waals surface area contributed by atoms with Crippen LogP contribution in [0.1, 0.15) is 24.8 Å². The molecule has 9 nitrogen and oxygen atoms in total. The third kappa shape index (κ3) is 4.08. The molecule has 0 aliphatic heterocycles. The minimum Gasteiger partial charge on any atom is -0.495 e. The SMILES string of the molecule is CCCNS(=O)(=O)c1cc(-c2ccc(=O)n(-c3c(C)noc3C)n2)ccc1OC. The van der Waals surface area contributed by atoms with Crippen molar-refractivity contribution in [1.29, 1.82) is 0 Å². The van der Waals surface area contributed by atoms with E-state index in [2.05, 4.69) is 15.0 Å². The minimum atomic E-state index is -3.77. The van der Waals surface area contributed by atoms with Crippen molar-refractivity contribution in [2.24, 2.45) is 0 Å². The zero-order valence-corrected chi connectivity index (χ0v) is 17.4. The molecule has 0 fully saturated rings. The molecule has 2 aromatic heterocycles. The number of hydrogen-bond acceptors (Lipinski definition) is 7. The summed E-state index contributed by atoms with van der Waals surface area (Å²) in [6.07, 6.45) is 0.658. The van der Waals surface area contributed by atoms with Crippen LogP contribution in [-0.4, -0.2) is 37.0 Å². The van der Waals surface area contributed by atoms with E-state index in [0.717, 1.165) is 0 Å². The van der Waals surface area contributed by atoms with Crippen LogP contribution >= 0.6 is 0 Å². The zero-order valence-electron chi connectivity index (χ0n) is 16.6. The Bertz CT molecular complexity index is 1180. The number of nitrogens with zero attached hydrogens (tertiary/aromatic N) is 3. The van der Waals surface area contributed by atoms with Crippen molar-refractivity contribution in [3.63, 3.8) is 0 Å². The Kier molecular flexibility index (Phi) is 5.85. The normalized spacial score (nSPS) is 11.6. The fraction of sp³-hybridized carbons (Fsp3) is 0.316. The Labute approximate surface area is 168 Å². The number of aryl methyl sites for hydroxylation is 2. The molecule has 1 aromatic carbocycles. The maximum atomic E-state index is 12.7. The second-order valence-corrected chi connectivity index (χ2v) is 8.14. The lowest BCUT2D eigenvalue weighted by Gasteiger charge is -2.12. The van der Waals surface area contributed by atoms with Crippen LogP contribution in [0.3, 0.4) is 0 Å². The van der Waals surface area contributed by atoms with Gasteiger partial charge < -0.3 is 9.26 Å². The molecule has 0 spiro atoms. The van der Waals surface area contributed by atoms with Gasteiger partial charge in [0.2, 0.25) is 10.0 Å². The Balaban J connectivity index is 2.14. The maximum Gasteiger partial charge on any atom is 0.271 e. The van der Waals surface area contributed by atoms with Crippen LogP contribution in [0.5, 0.6) is 5.75 Å². The first-order chi connectivity index (χ1) is 13.8. The first-order valence-electron chi connectivity index (χ1n) is 9.00. The molecule has 0 aliphatic carbocycles. The summed E-state index contributed by atoms with van der Waals surface area (Å²) in [4.78, 5) is 12.4. The molecule has 1 N–H and O–H groups in total. The van der Waals surface area contributed by atoms with Gasteiger partial charge >= 0.3 is 0 Å². The van der Waals surface area contributed by atoms with Crippen LogP contribution in [0, 0.1) is 13.8 Å². The van der Waals surface area contributed by atoms with E-state index < -0.39 is 10.0 Å². The number of methoxy groups -OCH3 is 1. The molecule has 0 unspecified atom stereocenters. The second kappa shape index (κ2) is 8.18. The summed E-state index contributed by atoms with van der Waals surface area (Å²) >= 11 is 0. The average Bonchev–Trinajstić information content (AvgIpc) is 3.04. The van der Waals surface area contributed by atoms with E-state index in [1.165, 1.54) is 30.0 Å². The van der Waals surface area contributed by atoms with Gasteiger partial charge in [-0.2, -0.15) is 9.78 Å². The lowest BCUT2D eigenvalue weighted by Crippen LogP contribution is -2.25. The molecule has 0 aliphatic rings. The zero-order chi connectivity index (χ0) is 21.2. The van der Waals surface area contributed by atoms with Gasteiger partial charge in [0.15, 0.2) is 5.76 Å². The molecule has 2 heterocycles. The first-order valence-corrected chi connectivity index (χ1v) is 10.5. The van der Waals surface area contributed by atoms with Gasteiger partial charge in [-0.25, -0.2) is 13.1 Å². The molecule has 0 atom stereocenters. The summed E-state index contributed by atoms with van der Waals surface area (Å²) in [6, 6.07) is 7.61. The van der Waals surface area contributed by atoms with Crippen LogP contribution in [0.25, 0.3) is 16.9 Å². The third-order valence-electron chi connectivity index (χ3n) is 4.30. The summed E-state index contributed by atoms with van der Waals surface area (Å²) in [5, 5.41) is 8.25. The Morgan fingerprint density at radius 2 is 1.97 bits per heavy atom. The predicted molar refractivity (Wildman–Crippen MR) is 107 cm³/mol. The van der Waals surface area contributed by atoms with Crippen molar-refractivity contribution in [1.82, 2.24) is 19.7 Å². The van der Waals surface area contributed by atoms with Gasteiger partial charge in [-0.05, 0) is 44.5 Å². The lowest BCUT2D eigenvalue weighted by atomic mass is 10.1. The molecule has 154 valence electrons. The fourth-order valence-corrected chi connectivity index (χ4v) is 4.19. The van der Waals surface area contributed by atoms with Crippen LogP contribution < -0.4 is 15.0 Å². The largest absolute Gasteiger partial charge is 0.495 e. The van der Waals surface area contributed by atoms with Crippen LogP contribution in [0.2, 0.25) is 0 Å². The molecule has 0 bridgehead atoms. The molecular formula is C19H22N4O5S. The lowest BCUT2D eigenvalue weighted by molar-refractivity contribution is 0.392. The molecule has 0 saturated heterocycles. The number of benzene rings is 1. The summed E-state index contributed by atoms with van der Waals surface area (Å²) in [5.74, 6) is 0.674. The highest BCUT2D eigenvalue weighted by atomic mass is 32.2. The maximum absolute atomic E-state index is 12.7. The van der Waals surface area contributed by atoms with Gasteiger partial charge in [-0.1, -0.05) is 12.1 Å². The Morgan fingerprint density at radius 1 is 1.21 bits per heavy atom. The topological polar surface area (TPSA) is 116 Å². The summed E-state index contributed by atoms with van der Waals surface area (Å²) in [6.45, 7) is 5.58. The summed E-state index contributed by atoms with van der Waals surface area (Å²) < 4.78 is 39.4. The number of aromatic nitrogens is 3.